The van der Waals surface area contributed by atoms with E-state index in [1.54, 1.807) is 0 Å². The fourth-order valence-corrected chi connectivity index (χ4v) is 2.04. The second-order valence-electron chi connectivity index (χ2n) is 3.91. The van der Waals surface area contributed by atoms with Gasteiger partial charge in [0.2, 0.25) is 0 Å². The van der Waals surface area contributed by atoms with Crippen LogP contribution in [0.5, 0.6) is 0 Å². The van der Waals surface area contributed by atoms with Crippen LogP contribution in [-0.2, 0) is 9.53 Å². The smallest absolute Gasteiger partial charge is 0.309 e. The van der Waals surface area contributed by atoms with Crippen molar-refractivity contribution < 1.29 is 9.53 Å². The van der Waals surface area contributed by atoms with E-state index in [0.29, 0.717) is 12.5 Å². The van der Waals surface area contributed by atoms with Crippen molar-refractivity contribution in [3.05, 3.63) is 0 Å². The Bertz CT molecular complexity index is 182. The Morgan fingerprint density at radius 3 is 2.77 bits per heavy atom. The summed E-state index contributed by atoms with van der Waals surface area (Å²) in [6.07, 6.45) is 2.79. The molecule has 3 atom stereocenters. The highest BCUT2D eigenvalue weighted by Gasteiger charge is 2.31. The summed E-state index contributed by atoms with van der Waals surface area (Å²) in [5.41, 5.74) is 5.81. The van der Waals surface area contributed by atoms with Crippen molar-refractivity contribution >= 4 is 5.97 Å². The van der Waals surface area contributed by atoms with Crippen LogP contribution in [0.4, 0.5) is 0 Å². The van der Waals surface area contributed by atoms with Gasteiger partial charge in [-0.3, -0.25) is 4.79 Å². The summed E-state index contributed by atoms with van der Waals surface area (Å²) in [5.74, 6) is 0.421. The number of carbonyl (C=O) groups is 1. The van der Waals surface area contributed by atoms with Gasteiger partial charge < -0.3 is 10.5 Å². The zero-order chi connectivity index (χ0) is 9.84. The zero-order valence-electron chi connectivity index (χ0n) is 8.45. The molecule has 3 nitrogen and oxygen atoms in total. The standard InChI is InChI=1S/C10H19NO2/c1-3-13-10(12)9-5-4-8(11)6-7(9)2/h7-9H,3-6,11H2,1-2H3/t7-,8-,9-/m0/s1. The van der Waals surface area contributed by atoms with Crippen molar-refractivity contribution in [1.82, 2.24) is 0 Å². The SMILES string of the molecule is CCOC(=O)[C@H]1CC[C@H](N)C[C@@H]1C. The summed E-state index contributed by atoms with van der Waals surface area (Å²) in [4.78, 5) is 11.5. The molecule has 0 unspecified atom stereocenters. The van der Waals surface area contributed by atoms with Gasteiger partial charge in [-0.05, 0) is 32.1 Å². The van der Waals surface area contributed by atoms with Crippen LogP contribution in [0.1, 0.15) is 33.1 Å². The fourth-order valence-electron chi connectivity index (χ4n) is 2.04. The van der Waals surface area contributed by atoms with Gasteiger partial charge in [0.05, 0.1) is 12.5 Å². The second kappa shape index (κ2) is 4.61. The Hall–Kier alpha value is -0.570. The third-order valence-electron chi connectivity index (χ3n) is 2.80. The molecule has 1 rings (SSSR count). The van der Waals surface area contributed by atoms with E-state index in [0.717, 1.165) is 19.3 Å². The highest BCUT2D eigenvalue weighted by molar-refractivity contribution is 5.72. The molecule has 2 N–H and O–H groups in total. The van der Waals surface area contributed by atoms with Crippen molar-refractivity contribution in [2.45, 2.75) is 39.2 Å². The highest BCUT2D eigenvalue weighted by Crippen LogP contribution is 2.29. The lowest BCUT2D eigenvalue weighted by atomic mass is 9.78. The molecule has 0 aromatic rings. The lowest BCUT2D eigenvalue weighted by Gasteiger charge is -2.30. The van der Waals surface area contributed by atoms with E-state index < -0.39 is 0 Å². The average molecular weight is 185 g/mol. The molecule has 0 aliphatic heterocycles. The lowest BCUT2D eigenvalue weighted by Crippen LogP contribution is -2.36. The number of esters is 1. The number of hydrogen-bond donors (Lipinski definition) is 1. The number of nitrogens with two attached hydrogens (primary N) is 1. The van der Waals surface area contributed by atoms with Gasteiger partial charge >= 0.3 is 5.97 Å². The quantitative estimate of drug-likeness (QED) is 0.660. The molecule has 0 amide bonds. The van der Waals surface area contributed by atoms with Gasteiger partial charge in [-0.2, -0.15) is 0 Å². The maximum atomic E-state index is 11.5. The molecular weight excluding hydrogens is 166 g/mol. The molecule has 0 aromatic heterocycles. The van der Waals surface area contributed by atoms with Crippen molar-refractivity contribution in [3.63, 3.8) is 0 Å². The first-order chi connectivity index (χ1) is 6.15. The summed E-state index contributed by atoms with van der Waals surface area (Å²) in [6, 6.07) is 0.278. The Labute approximate surface area is 79.6 Å². The minimum atomic E-state index is -0.0399. The molecular formula is C10H19NO2. The van der Waals surface area contributed by atoms with Crippen LogP contribution in [0.15, 0.2) is 0 Å². The number of carbonyl (C=O) groups excluding carboxylic acids is 1. The summed E-state index contributed by atoms with van der Waals surface area (Å²) in [6.45, 7) is 4.41. The molecule has 0 saturated heterocycles. The monoisotopic (exact) mass is 185 g/mol. The molecule has 3 heteroatoms. The average Bonchev–Trinajstić information content (AvgIpc) is 2.04. The Balaban J connectivity index is 2.45. The lowest BCUT2D eigenvalue weighted by molar-refractivity contribution is -0.151. The molecule has 76 valence electrons. The van der Waals surface area contributed by atoms with Crippen LogP contribution in [-0.4, -0.2) is 18.6 Å². The third-order valence-corrected chi connectivity index (χ3v) is 2.80. The molecule has 0 bridgehead atoms. The highest BCUT2D eigenvalue weighted by atomic mass is 16.5. The van der Waals surface area contributed by atoms with Gasteiger partial charge in [0.15, 0.2) is 0 Å². The van der Waals surface area contributed by atoms with Crippen LogP contribution in [0.25, 0.3) is 0 Å². The first-order valence-corrected chi connectivity index (χ1v) is 5.07. The van der Waals surface area contributed by atoms with Gasteiger partial charge in [0, 0.05) is 6.04 Å². The van der Waals surface area contributed by atoms with Gasteiger partial charge in [-0.25, -0.2) is 0 Å². The molecule has 1 aliphatic rings. The Morgan fingerprint density at radius 2 is 2.23 bits per heavy atom. The molecule has 0 aromatic carbocycles. The van der Waals surface area contributed by atoms with Crippen molar-refractivity contribution in [2.75, 3.05) is 6.61 Å². The number of rotatable bonds is 2. The van der Waals surface area contributed by atoms with Crippen molar-refractivity contribution in [2.24, 2.45) is 17.6 Å². The molecule has 0 radical (unpaired) electrons. The van der Waals surface area contributed by atoms with Gasteiger partial charge in [0.1, 0.15) is 0 Å². The van der Waals surface area contributed by atoms with Gasteiger partial charge in [-0.15, -0.1) is 0 Å². The largest absolute Gasteiger partial charge is 0.466 e. The second-order valence-corrected chi connectivity index (χ2v) is 3.91. The summed E-state index contributed by atoms with van der Waals surface area (Å²) < 4.78 is 5.01. The van der Waals surface area contributed by atoms with Gasteiger partial charge in [-0.1, -0.05) is 6.92 Å². The molecule has 1 aliphatic carbocycles. The molecule has 0 heterocycles. The predicted molar refractivity (Wildman–Crippen MR) is 51.1 cm³/mol. The maximum Gasteiger partial charge on any atom is 0.309 e. The van der Waals surface area contributed by atoms with Crippen molar-refractivity contribution in [3.8, 4) is 0 Å². The summed E-state index contributed by atoms with van der Waals surface area (Å²) >= 11 is 0. The van der Waals surface area contributed by atoms with E-state index in [1.807, 2.05) is 6.92 Å². The van der Waals surface area contributed by atoms with Crippen LogP contribution >= 0.6 is 0 Å². The van der Waals surface area contributed by atoms with E-state index in [-0.39, 0.29) is 17.9 Å². The summed E-state index contributed by atoms with van der Waals surface area (Å²) in [5, 5.41) is 0. The summed E-state index contributed by atoms with van der Waals surface area (Å²) in [7, 11) is 0. The van der Waals surface area contributed by atoms with Gasteiger partial charge in [0.25, 0.3) is 0 Å². The van der Waals surface area contributed by atoms with Crippen LogP contribution in [0.2, 0.25) is 0 Å². The Morgan fingerprint density at radius 1 is 1.54 bits per heavy atom. The first-order valence-electron chi connectivity index (χ1n) is 5.07. The zero-order valence-corrected chi connectivity index (χ0v) is 8.45. The van der Waals surface area contributed by atoms with E-state index in [2.05, 4.69) is 6.92 Å². The topological polar surface area (TPSA) is 52.3 Å². The van der Waals surface area contributed by atoms with E-state index in [1.165, 1.54) is 0 Å². The number of ether oxygens (including phenoxy) is 1. The molecule has 13 heavy (non-hydrogen) atoms. The molecule has 1 saturated carbocycles. The van der Waals surface area contributed by atoms with Crippen LogP contribution in [0.3, 0.4) is 0 Å². The Kier molecular flexibility index (Phi) is 3.72. The molecule has 1 fully saturated rings. The van der Waals surface area contributed by atoms with E-state index >= 15 is 0 Å². The van der Waals surface area contributed by atoms with E-state index in [4.69, 9.17) is 10.5 Å². The third kappa shape index (κ3) is 2.69. The number of hydrogen-bond acceptors (Lipinski definition) is 3. The maximum absolute atomic E-state index is 11.5. The molecule has 0 spiro atoms. The van der Waals surface area contributed by atoms with E-state index in [9.17, 15) is 4.79 Å². The first kappa shape index (κ1) is 10.5. The fraction of sp³-hybridized carbons (Fsp3) is 0.900. The predicted octanol–water partition coefficient (Wildman–Crippen LogP) is 1.31. The van der Waals surface area contributed by atoms with Crippen molar-refractivity contribution in [1.29, 1.82) is 0 Å². The minimum absolute atomic E-state index is 0.0399. The van der Waals surface area contributed by atoms with Crippen LogP contribution in [0, 0.1) is 11.8 Å². The van der Waals surface area contributed by atoms with Crippen LogP contribution < -0.4 is 5.73 Å². The normalized spacial score (nSPS) is 34.2. The minimum Gasteiger partial charge on any atom is -0.466 e.